The Morgan fingerprint density at radius 1 is 1.25 bits per heavy atom. The number of rotatable bonds is 5. The van der Waals surface area contributed by atoms with Gasteiger partial charge in [-0.05, 0) is 46.1 Å². The van der Waals surface area contributed by atoms with E-state index in [1.54, 1.807) is 0 Å². The van der Waals surface area contributed by atoms with Crippen LogP contribution in [-0.2, 0) is 0 Å². The number of β-amino-alcohol motifs (C(OH)–C–C–N with tert-alkyl or cyclic N) is 1. The summed E-state index contributed by atoms with van der Waals surface area (Å²) in [4.78, 5) is 2.31. The lowest BCUT2D eigenvalue weighted by molar-refractivity contribution is 0.0235. The average Bonchev–Trinajstić information content (AvgIpc) is 2.30. The van der Waals surface area contributed by atoms with Crippen molar-refractivity contribution in [2.75, 3.05) is 13.6 Å². The normalized spacial score (nSPS) is 21.4. The third kappa shape index (κ3) is 3.74. The first-order valence-corrected chi connectivity index (χ1v) is 6.86. The summed E-state index contributed by atoms with van der Waals surface area (Å²) in [5.41, 5.74) is 0.204. The molecule has 1 rings (SSSR count). The maximum Gasteiger partial charge on any atom is 0.0695 e. The highest BCUT2D eigenvalue weighted by Crippen LogP contribution is 2.28. The van der Waals surface area contributed by atoms with Crippen molar-refractivity contribution in [1.82, 2.24) is 4.90 Å². The lowest BCUT2D eigenvalue weighted by Gasteiger charge is -2.38. The van der Waals surface area contributed by atoms with Gasteiger partial charge in [-0.2, -0.15) is 0 Å². The summed E-state index contributed by atoms with van der Waals surface area (Å²) in [6.07, 6.45) is 7.42. The fourth-order valence-electron chi connectivity index (χ4n) is 2.47. The van der Waals surface area contributed by atoms with Crippen LogP contribution in [0.2, 0.25) is 0 Å². The van der Waals surface area contributed by atoms with Crippen molar-refractivity contribution in [3.63, 3.8) is 0 Å². The molecule has 0 aromatic carbocycles. The van der Waals surface area contributed by atoms with Gasteiger partial charge in [-0.3, -0.25) is 4.90 Å². The van der Waals surface area contributed by atoms with Crippen LogP contribution < -0.4 is 0 Å². The predicted octanol–water partition coefficient (Wildman–Crippen LogP) is 3.05. The highest BCUT2D eigenvalue weighted by Gasteiger charge is 2.27. The van der Waals surface area contributed by atoms with E-state index < -0.39 is 0 Å². The van der Waals surface area contributed by atoms with Crippen LogP contribution in [0.3, 0.4) is 0 Å². The Morgan fingerprint density at radius 2 is 1.81 bits per heavy atom. The van der Waals surface area contributed by atoms with E-state index in [9.17, 15) is 5.11 Å². The van der Waals surface area contributed by atoms with Crippen LogP contribution in [0.15, 0.2) is 0 Å². The zero-order valence-electron chi connectivity index (χ0n) is 11.5. The average molecular weight is 227 g/mol. The summed E-state index contributed by atoms with van der Waals surface area (Å²) in [6, 6.07) is 0. The maximum absolute atomic E-state index is 10.3. The summed E-state index contributed by atoms with van der Waals surface area (Å²) in [6.45, 7) is 7.54. The number of hydrogen-bond acceptors (Lipinski definition) is 2. The highest BCUT2D eigenvalue weighted by molar-refractivity contribution is 4.82. The van der Waals surface area contributed by atoms with Crippen LogP contribution in [0.25, 0.3) is 0 Å². The van der Waals surface area contributed by atoms with Crippen LogP contribution >= 0.6 is 0 Å². The van der Waals surface area contributed by atoms with E-state index in [1.165, 1.54) is 32.1 Å². The Morgan fingerprint density at radius 3 is 2.31 bits per heavy atom. The maximum atomic E-state index is 10.3. The van der Waals surface area contributed by atoms with E-state index in [4.69, 9.17) is 0 Å². The lowest BCUT2D eigenvalue weighted by atomic mass is 9.84. The number of aliphatic hydroxyl groups is 1. The second-order valence-corrected chi connectivity index (χ2v) is 6.01. The molecule has 0 aromatic heterocycles. The summed E-state index contributed by atoms with van der Waals surface area (Å²) in [5, 5.41) is 10.3. The Labute approximate surface area is 101 Å². The van der Waals surface area contributed by atoms with Crippen molar-refractivity contribution in [2.45, 2.75) is 70.9 Å². The molecule has 0 aliphatic heterocycles. The van der Waals surface area contributed by atoms with Crippen LogP contribution in [0.5, 0.6) is 0 Å². The van der Waals surface area contributed by atoms with Crippen LogP contribution in [0.1, 0.15) is 59.3 Å². The first-order chi connectivity index (χ1) is 7.47. The predicted molar refractivity (Wildman–Crippen MR) is 69.6 cm³/mol. The standard InChI is InChI=1S/C14H29NO/c1-5-14(2,3)15(4)11-13(16)12-9-7-6-8-10-12/h12-13,16H,5-11H2,1-4H3. The molecular weight excluding hydrogens is 198 g/mol. The molecule has 0 aromatic rings. The van der Waals surface area contributed by atoms with E-state index in [0.717, 1.165) is 13.0 Å². The Hall–Kier alpha value is -0.0800. The van der Waals surface area contributed by atoms with Gasteiger partial charge in [0.2, 0.25) is 0 Å². The van der Waals surface area contributed by atoms with Crippen LogP contribution in [0, 0.1) is 5.92 Å². The molecule has 1 saturated carbocycles. The van der Waals surface area contributed by atoms with Crippen molar-refractivity contribution in [3.05, 3.63) is 0 Å². The minimum absolute atomic E-state index is 0.129. The van der Waals surface area contributed by atoms with Gasteiger partial charge in [0.15, 0.2) is 0 Å². The molecule has 2 heteroatoms. The van der Waals surface area contributed by atoms with Crippen molar-refractivity contribution in [1.29, 1.82) is 0 Å². The molecule has 0 bridgehead atoms. The first kappa shape index (κ1) is 14.0. The molecule has 1 aliphatic rings. The minimum atomic E-state index is -0.129. The first-order valence-electron chi connectivity index (χ1n) is 6.86. The molecule has 0 spiro atoms. The Kier molecular flexibility index (Phi) is 5.26. The smallest absolute Gasteiger partial charge is 0.0695 e. The lowest BCUT2D eigenvalue weighted by Crippen LogP contribution is -2.46. The van der Waals surface area contributed by atoms with E-state index in [0.29, 0.717) is 5.92 Å². The van der Waals surface area contributed by atoms with E-state index >= 15 is 0 Å². The van der Waals surface area contributed by atoms with Gasteiger partial charge in [0.05, 0.1) is 6.10 Å². The fourth-order valence-corrected chi connectivity index (χ4v) is 2.47. The van der Waals surface area contributed by atoms with Gasteiger partial charge in [0.25, 0.3) is 0 Å². The number of nitrogens with zero attached hydrogens (tertiary/aromatic N) is 1. The zero-order chi connectivity index (χ0) is 12.2. The van der Waals surface area contributed by atoms with Gasteiger partial charge >= 0.3 is 0 Å². The van der Waals surface area contributed by atoms with Gasteiger partial charge in [0.1, 0.15) is 0 Å². The van der Waals surface area contributed by atoms with Crippen molar-refractivity contribution < 1.29 is 5.11 Å². The summed E-state index contributed by atoms with van der Waals surface area (Å²) in [5.74, 6) is 0.545. The molecule has 1 atom stereocenters. The van der Waals surface area contributed by atoms with Gasteiger partial charge < -0.3 is 5.11 Å². The van der Waals surface area contributed by atoms with Crippen molar-refractivity contribution in [3.8, 4) is 0 Å². The fraction of sp³-hybridized carbons (Fsp3) is 1.00. The topological polar surface area (TPSA) is 23.5 Å². The molecule has 16 heavy (non-hydrogen) atoms. The van der Waals surface area contributed by atoms with E-state index in [1.807, 2.05) is 0 Å². The zero-order valence-corrected chi connectivity index (χ0v) is 11.5. The van der Waals surface area contributed by atoms with E-state index in [-0.39, 0.29) is 11.6 Å². The molecule has 0 saturated heterocycles. The molecule has 0 heterocycles. The summed E-state index contributed by atoms with van der Waals surface area (Å²) < 4.78 is 0. The molecular formula is C14H29NO. The van der Waals surface area contributed by atoms with E-state index in [2.05, 4.69) is 32.7 Å². The van der Waals surface area contributed by atoms with Gasteiger partial charge in [-0.15, -0.1) is 0 Å². The van der Waals surface area contributed by atoms with Gasteiger partial charge in [-0.1, -0.05) is 26.2 Å². The molecule has 0 amide bonds. The highest BCUT2D eigenvalue weighted by atomic mass is 16.3. The number of aliphatic hydroxyl groups excluding tert-OH is 1. The second kappa shape index (κ2) is 6.02. The molecule has 1 fully saturated rings. The third-order valence-electron chi connectivity index (χ3n) is 4.55. The Bertz CT molecular complexity index is 197. The second-order valence-electron chi connectivity index (χ2n) is 6.01. The minimum Gasteiger partial charge on any atom is -0.392 e. The summed E-state index contributed by atoms with van der Waals surface area (Å²) in [7, 11) is 2.13. The molecule has 0 radical (unpaired) electrons. The molecule has 1 N–H and O–H groups in total. The molecule has 2 nitrogen and oxygen atoms in total. The molecule has 1 unspecified atom stereocenters. The molecule has 1 aliphatic carbocycles. The van der Waals surface area contributed by atoms with Gasteiger partial charge in [-0.25, -0.2) is 0 Å². The van der Waals surface area contributed by atoms with Crippen LogP contribution in [0.4, 0.5) is 0 Å². The third-order valence-corrected chi connectivity index (χ3v) is 4.55. The molecule has 96 valence electrons. The Balaban J connectivity index is 2.40. The number of likely N-dealkylation sites (N-methyl/N-ethyl adjacent to an activating group) is 1. The summed E-state index contributed by atoms with van der Waals surface area (Å²) >= 11 is 0. The monoisotopic (exact) mass is 227 g/mol. The van der Waals surface area contributed by atoms with Crippen molar-refractivity contribution in [2.24, 2.45) is 5.92 Å². The van der Waals surface area contributed by atoms with Crippen molar-refractivity contribution >= 4 is 0 Å². The van der Waals surface area contributed by atoms with Gasteiger partial charge in [0, 0.05) is 12.1 Å². The van der Waals surface area contributed by atoms with Crippen LogP contribution in [-0.4, -0.2) is 35.2 Å². The largest absolute Gasteiger partial charge is 0.392 e. The number of hydrogen-bond donors (Lipinski definition) is 1. The SMILES string of the molecule is CCC(C)(C)N(C)CC(O)C1CCCCC1. The quantitative estimate of drug-likeness (QED) is 0.780.